The predicted molar refractivity (Wildman–Crippen MR) is 62.3 cm³/mol. The van der Waals surface area contributed by atoms with Crippen LogP contribution in [-0.2, 0) is 6.54 Å². The van der Waals surface area contributed by atoms with Gasteiger partial charge in [-0.25, -0.2) is 0 Å². The topological polar surface area (TPSA) is 76.2 Å². The zero-order valence-electron chi connectivity index (χ0n) is 9.47. The van der Waals surface area contributed by atoms with Crippen molar-refractivity contribution >= 4 is 5.91 Å². The lowest BCUT2D eigenvalue weighted by atomic mass is 10.2. The van der Waals surface area contributed by atoms with Gasteiger partial charge in [-0.05, 0) is 18.2 Å². The SMILES string of the molecule is O=C(NCc1cn[nH]c1)c1ccc2c(c1)OCO2. The van der Waals surface area contributed by atoms with Crippen LogP contribution in [0.3, 0.4) is 0 Å². The van der Waals surface area contributed by atoms with E-state index in [1.54, 1.807) is 30.6 Å². The summed E-state index contributed by atoms with van der Waals surface area (Å²) in [4.78, 5) is 11.9. The monoisotopic (exact) mass is 245 g/mol. The zero-order chi connectivity index (χ0) is 12.4. The van der Waals surface area contributed by atoms with Gasteiger partial charge in [0.25, 0.3) is 5.91 Å². The first-order chi connectivity index (χ1) is 8.83. The Morgan fingerprint density at radius 3 is 3.11 bits per heavy atom. The molecule has 1 aliphatic rings. The molecule has 18 heavy (non-hydrogen) atoms. The van der Waals surface area contributed by atoms with E-state index in [-0.39, 0.29) is 12.7 Å². The number of rotatable bonds is 3. The van der Waals surface area contributed by atoms with Crippen LogP contribution in [0.5, 0.6) is 11.5 Å². The Hall–Kier alpha value is -2.50. The molecule has 2 N–H and O–H groups in total. The standard InChI is InChI=1S/C12H11N3O3/c16-12(13-4-8-5-14-15-6-8)9-1-2-10-11(3-9)18-7-17-10/h1-3,5-6H,4,7H2,(H,13,16)(H,14,15). The third-order valence-electron chi connectivity index (χ3n) is 2.64. The van der Waals surface area contributed by atoms with E-state index in [9.17, 15) is 4.79 Å². The second-order valence-corrected chi connectivity index (χ2v) is 3.86. The molecule has 1 aliphatic heterocycles. The summed E-state index contributed by atoms with van der Waals surface area (Å²) in [5, 5.41) is 9.29. The molecule has 1 aromatic heterocycles. The van der Waals surface area contributed by atoms with Gasteiger partial charge in [0.15, 0.2) is 11.5 Å². The summed E-state index contributed by atoms with van der Waals surface area (Å²) in [5.41, 5.74) is 1.46. The summed E-state index contributed by atoms with van der Waals surface area (Å²) in [5.74, 6) is 1.11. The van der Waals surface area contributed by atoms with E-state index in [1.165, 1.54) is 0 Å². The fourth-order valence-electron chi connectivity index (χ4n) is 1.70. The molecule has 0 saturated heterocycles. The second kappa shape index (κ2) is 4.40. The van der Waals surface area contributed by atoms with Crippen molar-refractivity contribution in [3.8, 4) is 11.5 Å². The number of nitrogens with one attached hydrogen (secondary N) is 2. The van der Waals surface area contributed by atoms with E-state index in [4.69, 9.17) is 9.47 Å². The number of benzene rings is 1. The number of carbonyl (C=O) groups is 1. The van der Waals surface area contributed by atoms with Gasteiger partial charge >= 0.3 is 0 Å². The van der Waals surface area contributed by atoms with Crippen LogP contribution in [0.4, 0.5) is 0 Å². The molecule has 0 fully saturated rings. The van der Waals surface area contributed by atoms with Gasteiger partial charge in [-0.1, -0.05) is 0 Å². The number of hydrogen-bond donors (Lipinski definition) is 2. The van der Waals surface area contributed by atoms with Gasteiger partial charge in [-0.15, -0.1) is 0 Å². The number of nitrogens with zero attached hydrogens (tertiary/aromatic N) is 1. The maximum Gasteiger partial charge on any atom is 0.251 e. The van der Waals surface area contributed by atoms with E-state index in [0.717, 1.165) is 5.56 Å². The molecule has 0 unspecified atom stereocenters. The molecule has 2 aromatic rings. The largest absolute Gasteiger partial charge is 0.454 e. The van der Waals surface area contributed by atoms with Crippen molar-refractivity contribution in [1.29, 1.82) is 0 Å². The van der Waals surface area contributed by atoms with Crippen molar-refractivity contribution in [3.05, 3.63) is 41.7 Å². The highest BCUT2D eigenvalue weighted by Gasteiger charge is 2.15. The van der Waals surface area contributed by atoms with Gasteiger partial charge in [0, 0.05) is 23.9 Å². The van der Waals surface area contributed by atoms with Gasteiger partial charge in [-0.3, -0.25) is 9.89 Å². The number of aromatic nitrogens is 2. The summed E-state index contributed by atoms with van der Waals surface area (Å²) in [6, 6.07) is 5.11. The first-order valence-corrected chi connectivity index (χ1v) is 5.48. The van der Waals surface area contributed by atoms with Crippen molar-refractivity contribution in [1.82, 2.24) is 15.5 Å². The first-order valence-electron chi connectivity index (χ1n) is 5.48. The molecule has 92 valence electrons. The Balaban J connectivity index is 1.69. The van der Waals surface area contributed by atoms with Crippen LogP contribution in [0.25, 0.3) is 0 Å². The van der Waals surface area contributed by atoms with Crippen LogP contribution >= 0.6 is 0 Å². The molecule has 0 aliphatic carbocycles. The molecule has 6 nitrogen and oxygen atoms in total. The van der Waals surface area contributed by atoms with Gasteiger partial charge < -0.3 is 14.8 Å². The number of ether oxygens (including phenoxy) is 2. The number of H-pyrrole nitrogens is 1. The smallest absolute Gasteiger partial charge is 0.251 e. The van der Waals surface area contributed by atoms with Gasteiger partial charge in [0.2, 0.25) is 6.79 Å². The Morgan fingerprint density at radius 2 is 2.28 bits per heavy atom. The van der Waals surface area contributed by atoms with Crippen LogP contribution in [0.2, 0.25) is 0 Å². The van der Waals surface area contributed by atoms with E-state index in [1.807, 2.05) is 0 Å². The minimum absolute atomic E-state index is 0.158. The molecular weight excluding hydrogens is 234 g/mol. The molecule has 0 bridgehead atoms. The van der Waals surface area contributed by atoms with Crippen LogP contribution in [0.15, 0.2) is 30.6 Å². The van der Waals surface area contributed by atoms with Crippen molar-refractivity contribution in [2.24, 2.45) is 0 Å². The lowest BCUT2D eigenvalue weighted by Crippen LogP contribution is -2.22. The van der Waals surface area contributed by atoms with Crippen molar-refractivity contribution in [2.75, 3.05) is 6.79 Å². The van der Waals surface area contributed by atoms with E-state index >= 15 is 0 Å². The normalized spacial score (nSPS) is 12.4. The second-order valence-electron chi connectivity index (χ2n) is 3.86. The number of amides is 1. The molecule has 6 heteroatoms. The Labute approximate surface area is 103 Å². The molecular formula is C12H11N3O3. The highest BCUT2D eigenvalue weighted by molar-refractivity contribution is 5.94. The average molecular weight is 245 g/mol. The fraction of sp³-hybridized carbons (Fsp3) is 0.167. The summed E-state index contributed by atoms with van der Waals surface area (Å²) in [7, 11) is 0. The summed E-state index contributed by atoms with van der Waals surface area (Å²) >= 11 is 0. The van der Waals surface area contributed by atoms with Crippen LogP contribution in [0, 0.1) is 0 Å². The average Bonchev–Trinajstić information content (AvgIpc) is 3.05. The highest BCUT2D eigenvalue weighted by atomic mass is 16.7. The zero-order valence-corrected chi connectivity index (χ0v) is 9.47. The lowest BCUT2D eigenvalue weighted by Gasteiger charge is -2.04. The summed E-state index contributed by atoms with van der Waals surface area (Å²) < 4.78 is 10.4. The van der Waals surface area contributed by atoms with Crippen molar-refractivity contribution in [2.45, 2.75) is 6.54 Å². The molecule has 1 amide bonds. The molecule has 2 heterocycles. The minimum atomic E-state index is -0.158. The molecule has 0 atom stereocenters. The van der Waals surface area contributed by atoms with Crippen molar-refractivity contribution in [3.63, 3.8) is 0 Å². The molecule has 0 radical (unpaired) electrons. The number of hydrogen-bond acceptors (Lipinski definition) is 4. The van der Waals surface area contributed by atoms with Gasteiger partial charge in [0.05, 0.1) is 6.20 Å². The maximum atomic E-state index is 11.9. The van der Waals surface area contributed by atoms with E-state index < -0.39 is 0 Å². The highest BCUT2D eigenvalue weighted by Crippen LogP contribution is 2.32. The van der Waals surface area contributed by atoms with Crippen LogP contribution < -0.4 is 14.8 Å². The molecule has 3 rings (SSSR count). The Kier molecular flexibility index (Phi) is 2.60. The lowest BCUT2D eigenvalue weighted by molar-refractivity contribution is 0.0950. The fourth-order valence-corrected chi connectivity index (χ4v) is 1.70. The molecule has 1 aromatic carbocycles. The third kappa shape index (κ3) is 2.00. The third-order valence-corrected chi connectivity index (χ3v) is 2.64. The van der Waals surface area contributed by atoms with E-state index in [0.29, 0.717) is 23.6 Å². The molecule has 0 spiro atoms. The number of fused-ring (bicyclic) bond motifs is 1. The van der Waals surface area contributed by atoms with Gasteiger partial charge in [-0.2, -0.15) is 5.10 Å². The molecule has 0 saturated carbocycles. The maximum absolute atomic E-state index is 11.9. The van der Waals surface area contributed by atoms with Crippen molar-refractivity contribution < 1.29 is 14.3 Å². The van der Waals surface area contributed by atoms with Crippen LogP contribution in [0.1, 0.15) is 15.9 Å². The van der Waals surface area contributed by atoms with Gasteiger partial charge in [0.1, 0.15) is 0 Å². The Bertz CT molecular complexity index is 566. The quantitative estimate of drug-likeness (QED) is 0.848. The van der Waals surface area contributed by atoms with Crippen LogP contribution in [-0.4, -0.2) is 22.9 Å². The minimum Gasteiger partial charge on any atom is -0.454 e. The Morgan fingerprint density at radius 1 is 1.39 bits per heavy atom. The van der Waals surface area contributed by atoms with E-state index in [2.05, 4.69) is 15.5 Å². The number of carbonyl (C=O) groups excluding carboxylic acids is 1. The summed E-state index contributed by atoms with van der Waals surface area (Å²) in [6.07, 6.45) is 3.40. The summed E-state index contributed by atoms with van der Waals surface area (Å²) in [6.45, 7) is 0.638. The predicted octanol–water partition coefficient (Wildman–Crippen LogP) is 1.07. The number of aromatic amines is 1. The first kappa shape index (κ1) is 10.6.